The molecule has 0 amide bonds. The van der Waals surface area contributed by atoms with Gasteiger partial charge in [-0.2, -0.15) is 5.26 Å². The summed E-state index contributed by atoms with van der Waals surface area (Å²) < 4.78 is 7.05. The van der Waals surface area contributed by atoms with Gasteiger partial charge >= 0.3 is 0 Å². The van der Waals surface area contributed by atoms with Crippen LogP contribution >= 0.6 is 0 Å². The van der Waals surface area contributed by atoms with Crippen LogP contribution in [-0.4, -0.2) is 28.4 Å². The van der Waals surface area contributed by atoms with Crippen molar-refractivity contribution >= 4 is 5.69 Å². The number of nitrogens with zero attached hydrogens (tertiary/aromatic N) is 4. The van der Waals surface area contributed by atoms with E-state index < -0.39 is 0 Å². The Labute approximate surface area is 132 Å². The number of hydrogen-bond acceptors (Lipinski definition) is 7. The summed E-state index contributed by atoms with van der Waals surface area (Å²) in [5.41, 5.74) is 9.01. The van der Waals surface area contributed by atoms with E-state index in [0.717, 1.165) is 5.69 Å². The lowest BCUT2D eigenvalue weighted by Crippen LogP contribution is -2.33. The smallest absolute Gasteiger partial charge is 0.162 e. The van der Waals surface area contributed by atoms with Crippen LogP contribution in [-0.2, 0) is 6.42 Å². The zero-order valence-corrected chi connectivity index (χ0v) is 12.5. The van der Waals surface area contributed by atoms with Crippen molar-refractivity contribution in [1.82, 2.24) is 9.55 Å². The van der Waals surface area contributed by atoms with Crippen LogP contribution in [0.4, 0.5) is 5.69 Å². The Morgan fingerprint density at radius 3 is 2.91 bits per heavy atom. The van der Waals surface area contributed by atoms with E-state index in [9.17, 15) is 10.4 Å². The second-order valence-corrected chi connectivity index (χ2v) is 5.05. The maximum absolute atomic E-state index is 9.39. The van der Waals surface area contributed by atoms with E-state index in [0.29, 0.717) is 28.5 Å². The number of aliphatic hydroxyl groups is 1. The summed E-state index contributed by atoms with van der Waals surface area (Å²) in [6.07, 6.45) is 1.86. The van der Waals surface area contributed by atoms with E-state index in [1.54, 1.807) is 30.1 Å². The summed E-state index contributed by atoms with van der Waals surface area (Å²) in [7, 11) is 1.56. The van der Waals surface area contributed by atoms with Crippen molar-refractivity contribution in [3.8, 4) is 17.5 Å². The van der Waals surface area contributed by atoms with Crippen LogP contribution in [0.3, 0.4) is 0 Å². The van der Waals surface area contributed by atoms with Crippen molar-refractivity contribution in [3.63, 3.8) is 0 Å². The van der Waals surface area contributed by atoms with Crippen LogP contribution in [0.1, 0.15) is 11.4 Å². The molecule has 1 aromatic carbocycles. The highest BCUT2D eigenvalue weighted by Crippen LogP contribution is 2.35. The molecule has 23 heavy (non-hydrogen) atoms. The Kier molecular flexibility index (Phi) is 3.65. The number of hydrogen-bond donors (Lipinski definition) is 3. The normalized spacial score (nSPS) is 15.3. The van der Waals surface area contributed by atoms with Gasteiger partial charge in [-0.05, 0) is 12.1 Å². The predicted molar refractivity (Wildman–Crippen MR) is 83.5 cm³/mol. The number of anilines is 1. The fourth-order valence-corrected chi connectivity index (χ4v) is 2.62. The second kappa shape index (κ2) is 5.64. The number of nitrogens with two attached hydrogens (primary N) is 2. The van der Waals surface area contributed by atoms with Gasteiger partial charge in [0.15, 0.2) is 5.69 Å². The molecule has 1 aliphatic heterocycles. The van der Waals surface area contributed by atoms with Crippen molar-refractivity contribution in [2.45, 2.75) is 6.42 Å². The number of fused-ring (bicyclic) bond motifs is 3. The number of aliphatic hydroxyl groups excluding tert-OH is 1. The highest BCUT2D eigenvalue weighted by atomic mass is 16.5. The predicted octanol–water partition coefficient (Wildman–Crippen LogP) is 0.151. The standard InChI is InChI=1S/C15H16N6O2/c1-23-9-2-3-12-15(4-9)21(18)13(10(17)7-22)5-14-11(6-16)19-8-20(12)14/h2-4,8,22H,5,7,17-18H2,1H3/b13-10-. The molecule has 1 aromatic heterocycles. The molecule has 0 spiro atoms. The fraction of sp³-hybridized carbons (Fsp3) is 0.200. The van der Waals surface area contributed by atoms with Crippen LogP contribution in [0, 0.1) is 11.3 Å². The SMILES string of the molecule is COc1ccc2c(c1)N(N)/C(=C(\N)CO)Cc1c(C#N)ncn1-2. The van der Waals surface area contributed by atoms with Crippen molar-refractivity contribution < 1.29 is 9.84 Å². The van der Waals surface area contributed by atoms with Gasteiger partial charge in [0.05, 0.1) is 42.2 Å². The molecule has 118 valence electrons. The van der Waals surface area contributed by atoms with Gasteiger partial charge < -0.3 is 15.6 Å². The van der Waals surface area contributed by atoms with Crippen molar-refractivity contribution in [2.24, 2.45) is 11.6 Å². The van der Waals surface area contributed by atoms with Gasteiger partial charge in [-0.1, -0.05) is 0 Å². The molecule has 8 nitrogen and oxygen atoms in total. The van der Waals surface area contributed by atoms with Crippen LogP contribution < -0.4 is 21.3 Å². The van der Waals surface area contributed by atoms with E-state index in [-0.39, 0.29) is 18.7 Å². The van der Waals surface area contributed by atoms with Gasteiger partial charge in [0.25, 0.3) is 0 Å². The minimum Gasteiger partial charge on any atom is -0.497 e. The molecule has 8 heteroatoms. The van der Waals surface area contributed by atoms with Crippen molar-refractivity contribution in [2.75, 3.05) is 18.7 Å². The maximum Gasteiger partial charge on any atom is 0.162 e. The van der Waals surface area contributed by atoms with E-state index >= 15 is 0 Å². The number of ether oxygens (including phenoxy) is 1. The molecule has 5 N–H and O–H groups in total. The number of imidazole rings is 1. The molecule has 0 saturated carbocycles. The Morgan fingerprint density at radius 1 is 1.48 bits per heavy atom. The average Bonchev–Trinajstić information content (AvgIpc) is 2.95. The molecule has 0 atom stereocenters. The zero-order chi connectivity index (χ0) is 16.6. The first-order valence-electron chi connectivity index (χ1n) is 6.88. The molecule has 2 aromatic rings. The van der Waals surface area contributed by atoms with Crippen molar-refractivity contribution in [3.05, 3.63) is 47.3 Å². The molecular formula is C15H16N6O2. The first-order chi connectivity index (χ1) is 11.1. The lowest BCUT2D eigenvalue weighted by molar-refractivity contribution is 0.327. The summed E-state index contributed by atoms with van der Waals surface area (Å²) in [4.78, 5) is 4.13. The molecule has 0 unspecified atom stereocenters. The molecular weight excluding hydrogens is 296 g/mol. The number of hydrazine groups is 1. The number of allylic oxidation sites excluding steroid dienone is 1. The Morgan fingerprint density at radius 2 is 2.26 bits per heavy atom. The van der Waals surface area contributed by atoms with Crippen molar-refractivity contribution in [1.29, 1.82) is 5.26 Å². The zero-order valence-electron chi connectivity index (χ0n) is 12.5. The van der Waals surface area contributed by atoms with E-state index in [1.165, 1.54) is 5.01 Å². The molecule has 0 fully saturated rings. The monoisotopic (exact) mass is 312 g/mol. The summed E-state index contributed by atoms with van der Waals surface area (Å²) >= 11 is 0. The maximum atomic E-state index is 9.39. The minimum atomic E-state index is -0.335. The second-order valence-electron chi connectivity index (χ2n) is 5.05. The number of nitriles is 1. The highest BCUT2D eigenvalue weighted by Gasteiger charge is 2.26. The topological polar surface area (TPSA) is 126 Å². The van der Waals surface area contributed by atoms with Gasteiger partial charge in [-0.3, -0.25) is 9.58 Å². The molecule has 0 radical (unpaired) electrons. The van der Waals surface area contributed by atoms with E-state index in [1.807, 2.05) is 6.07 Å². The average molecular weight is 312 g/mol. The number of benzene rings is 1. The van der Waals surface area contributed by atoms with E-state index in [2.05, 4.69) is 11.1 Å². The van der Waals surface area contributed by atoms with Crippen LogP contribution in [0.5, 0.6) is 5.75 Å². The first kappa shape index (κ1) is 14.9. The van der Waals surface area contributed by atoms with Crippen LogP contribution in [0.25, 0.3) is 5.69 Å². The molecule has 1 aliphatic rings. The Hall–Kier alpha value is -3.02. The number of methoxy groups -OCH3 is 1. The van der Waals surface area contributed by atoms with E-state index in [4.69, 9.17) is 16.3 Å². The Balaban J connectivity index is 2.32. The Bertz CT molecular complexity index is 833. The number of aromatic nitrogens is 2. The molecule has 3 rings (SSSR count). The van der Waals surface area contributed by atoms with Gasteiger partial charge in [-0.15, -0.1) is 0 Å². The summed E-state index contributed by atoms with van der Waals surface area (Å²) in [6.45, 7) is -0.335. The molecule has 0 aliphatic carbocycles. The highest BCUT2D eigenvalue weighted by molar-refractivity contribution is 5.70. The lowest BCUT2D eigenvalue weighted by Gasteiger charge is -2.23. The summed E-state index contributed by atoms with van der Waals surface area (Å²) in [5, 5.41) is 20.1. The quantitative estimate of drug-likeness (QED) is 0.674. The van der Waals surface area contributed by atoms with Crippen LogP contribution in [0.15, 0.2) is 35.9 Å². The third-order valence-corrected chi connectivity index (χ3v) is 3.84. The molecule has 0 bridgehead atoms. The summed E-state index contributed by atoms with van der Waals surface area (Å²) in [5.74, 6) is 6.86. The largest absolute Gasteiger partial charge is 0.497 e. The van der Waals surface area contributed by atoms with Crippen LogP contribution in [0.2, 0.25) is 0 Å². The minimum absolute atomic E-state index is 0.236. The lowest BCUT2D eigenvalue weighted by atomic mass is 10.1. The third-order valence-electron chi connectivity index (χ3n) is 3.84. The third kappa shape index (κ3) is 2.28. The van der Waals surface area contributed by atoms with Gasteiger partial charge in [0, 0.05) is 12.5 Å². The molecule has 2 heterocycles. The number of rotatable bonds is 2. The van der Waals surface area contributed by atoms with Gasteiger partial charge in [0.1, 0.15) is 18.1 Å². The molecule has 0 saturated heterocycles. The first-order valence-corrected chi connectivity index (χ1v) is 6.88. The van der Waals surface area contributed by atoms with Gasteiger partial charge in [0.2, 0.25) is 0 Å². The summed E-state index contributed by atoms with van der Waals surface area (Å²) in [6, 6.07) is 7.46. The fourth-order valence-electron chi connectivity index (χ4n) is 2.62. The van der Waals surface area contributed by atoms with Gasteiger partial charge in [-0.25, -0.2) is 10.8 Å².